The molecule has 4 aliphatic rings. The summed E-state index contributed by atoms with van der Waals surface area (Å²) < 4.78 is 0. The number of nitrogens with zero attached hydrogens (tertiary/aromatic N) is 4. The Bertz CT molecular complexity index is 7160. The van der Waals surface area contributed by atoms with E-state index in [1.807, 2.05) is 0 Å². The highest BCUT2D eigenvalue weighted by molar-refractivity contribution is 5.99. The quantitative estimate of drug-likeness (QED) is 0.0565. The van der Waals surface area contributed by atoms with E-state index in [4.69, 9.17) is 0 Å². The van der Waals surface area contributed by atoms with Crippen LogP contribution < -0.4 is 19.6 Å². The molecule has 18 aromatic rings. The van der Waals surface area contributed by atoms with Crippen LogP contribution in [0.3, 0.4) is 0 Å². The van der Waals surface area contributed by atoms with Crippen molar-refractivity contribution in [2.24, 2.45) is 0 Å². The first-order chi connectivity index (χ1) is 70.8. The van der Waals surface area contributed by atoms with E-state index in [0.29, 0.717) is 0 Å². The second-order valence-electron chi connectivity index (χ2n) is 43.4. The van der Waals surface area contributed by atoms with Gasteiger partial charge in [0.15, 0.2) is 0 Å². The Kier molecular flexibility index (Phi) is 27.9. The van der Waals surface area contributed by atoms with Crippen molar-refractivity contribution in [1.82, 2.24) is 0 Å². The third kappa shape index (κ3) is 18.7. The molecule has 4 nitrogen and oxygen atoms in total. The van der Waals surface area contributed by atoms with Crippen molar-refractivity contribution < 1.29 is 0 Å². The molecule has 0 bridgehead atoms. The molecule has 730 valence electrons. The fourth-order valence-electron chi connectivity index (χ4n) is 23.6. The number of fused-ring (bicyclic) bond motifs is 10. The topological polar surface area (TPSA) is 13.0 Å². The minimum absolute atomic E-state index is 0.142. The summed E-state index contributed by atoms with van der Waals surface area (Å²) in [4.78, 5) is 9.90. The SMILES string of the molecule is CCCCc1ccc(N(c2ccc(C)cc2)c2ccc(-c3ccc(N(c4ccc(C)cc4)c4ccc(CCCC)cc4)cc3)cc2)cc1.CCCCc1ccc(N2c3ccc(C)cc3C(c3ccc(C)cc3)(c3ccc(C)cc3)c3cc4c(cc32)C(C)(C)c2cc3c(cc2-4)C(c2ccc(C)cc2)(c2ccc(C)cc2)c2cc(C)ccc2N3c2ccc(CCCC)cc2)cc1.Cc1ccc2c(c1)C(C)(C)c1cc(C)ccc1-2. The Morgan fingerprint density at radius 2 is 0.404 bits per heavy atom. The normalized spacial score (nSPS) is 13.7. The lowest BCUT2D eigenvalue weighted by Crippen LogP contribution is -2.38. The zero-order chi connectivity index (χ0) is 101. The first-order valence-corrected chi connectivity index (χ1v) is 53.8. The Labute approximate surface area is 871 Å². The smallest absolute Gasteiger partial charge is 0.0742 e. The van der Waals surface area contributed by atoms with Gasteiger partial charge in [-0.2, -0.15) is 0 Å². The van der Waals surface area contributed by atoms with Crippen LogP contribution in [0.25, 0.3) is 33.4 Å². The summed E-state index contributed by atoms with van der Waals surface area (Å²) in [5.41, 5.74) is 54.6. The number of anilines is 12. The van der Waals surface area contributed by atoms with Crippen LogP contribution in [0, 0.1) is 69.2 Å². The Morgan fingerprint density at radius 1 is 0.192 bits per heavy atom. The molecule has 2 heterocycles. The van der Waals surface area contributed by atoms with Crippen LogP contribution in [-0.2, 0) is 47.3 Å². The number of hydrogen-bond donors (Lipinski definition) is 0. The van der Waals surface area contributed by atoms with Gasteiger partial charge in [0.25, 0.3) is 0 Å². The zero-order valence-corrected chi connectivity index (χ0v) is 89.2. The van der Waals surface area contributed by atoms with E-state index in [2.05, 4.69) is 532 Å². The molecule has 22 rings (SSSR count). The number of unbranched alkanes of at least 4 members (excludes halogenated alkanes) is 4. The van der Waals surface area contributed by atoms with Crippen molar-refractivity contribution in [3.63, 3.8) is 0 Å². The van der Waals surface area contributed by atoms with E-state index < -0.39 is 10.8 Å². The van der Waals surface area contributed by atoms with Crippen molar-refractivity contribution in [1.29, 1.82) is 0 Å². The van der Waals surface area contributed by atoms with Crippen LogP contribution in [0.5, 0.6) is 0 Å². The predicted molar refractivity (Wildman–Crippen MR) is 624 cm³/mol. The van der Waals surface area contributed by atoms with E-state index >= 15 is 0 Å². The highest BCUT2D eigenvalue weighted by Crippen LogP contribution is 2.66. The highest BCUT2D eigenvalue weighted by Gasteiger charge is 2.53. The molecule has 0 aromatic heterocycles. The first kappa shape index (κ1) is 98.5. The van der Waals surface area contributed by atoms with Gasteiger partial charge in [0, 0.05) is 56.3 Å². The lowest BCUT2D eigenvalue weighted by Gasteiger charge is -2.47. The van der Waals surface area contributed by atoms with Gasteiger partial charge in [-0.05, 0) is 376 Å². The van der Waals surface area contributed by atoms with E-state index in [9.17, 15) is 0 Å². The lowest BCUT2D eigenvalue weighted by atomic mass is 9.61. The molecular formula is C142H142N4. The average molecular weight is 1900 g/mol. The van der Waals surface area contributed by atoms with Crippen molar-refractivity contribution in [2.75, 3.05) is 19.6 Å². The van der Waals surface area contributed by atoms with Gasteiger partial charge in [-0.1, -0.05) is 391 Å². The van der Waals surface area contributed by atoms with Crippen LogP contribution >= 0.6 is 0 Å². The minimum Gasteiger partial charge on any atom is -0.311 e. The summed E-state index contributed by atoms with van der Waals surface area (Å²) in [6.07, 6.45) is 14.0. The molecule has 0 unspecified atom stereocenters. The highest BCUT2D eigenvalue weighted by atomic mass is 15.2. The van der Waals surface area contributed by atoms with E-state index in [0.717, 1.165) is 48.4 Å². The van der Waals surface area contributed by atoms with Crippen LogP contribution in [0.2, 0.25) is 0 Å². The van der Waals surface area contributed by atoms with Crippen molar-refractivity contribution in [3.8, 4) is 33.4 Å². The first-order valence-electron chi connectivity index (χ1n) is 53.8. The van der Waals surface area contributed by atoms with Crippen molar-refractivity contribution >= 4 is 68.2 Å². The number of aryl methyl sites for hydroxylation is 14. The average Bonchev–Trinajstić information content (AvgIpc) is 1.41. The van der Waals surface area contributed by atoms with Crippen LogP contribution in [-0.4, -0.2) is 0 Å². The van der Waals surface area contributed by atoms with Gasteiger partial charge in [0.05, 0.1) is 33.6 Å². The third-order valence-electron chi connectivity index (χ3n) is 31.9. The molecule has 18 aromatic carbocycles. The maximum atomic E-state index is 2.66. The van der Waals surface area contributed by atoms with Crippen molar-refractivity contribution in [2.45, 2.75) is 223 Å². The second-order valence-corrected chi connectivity index (χ2v) is 43.4. The molecule has 146 heavy (non-hydrogen) atoms. The molecule has 0 saturated carbocycles. The van der Waals surface area contributed by atoms with E-state index in [1.165, 1.54) is 275 Å². The monoisotopic (exact) mass is 1900 g/mol. The van der Waals surface area contributed by atoms with Gasteiger partial charge in [0.1, 0.15) is 0 Å². The summed E-state index contributed by atoms with van der Waals surface area (Å²) >= 11 is 0. The summed E-state index contributed by atoms with van der Waals surface area (Å²) in [5, 5.41) is 0. The van der Waals surface area contributed by atoms with Gasteiger partial charge in [0.2, 0.25) is 0 Å². The summed E-state index contributed by atoms with van der Waals surface area (Å²) in [6.45, 7) is 40.7. The minimum atomic E-state index is -0.671. The molecule has 4 heteroatoms. The maximum absolute atomic E-state index is 2.66. The lowest BCUT2D eigenvalue weighted by molar-refractivity contribution is 0.656. The van der Waals surface area contributed by atoms with Crippen LogP contribution in [0.15, 0.2) is 388 Å². The van der Waals surface area contributed by atoms with Gasteiger partial charge in [-0.15, -0.1) is 0 Å². The number of hydrogen-bond acceptors (Lipinski definition) is 4. The molecule has 0 atom stereocenters. The van der Waals surface area contributed by atoms with Crippen LogP contribution in [0.1, 0.15) is 251 Å². The van der Waals surface area contributed by atoms with Crippen LogP contribution in [0.4, 0.5) is 68.2 Å². The Hall–Kier alpha value is -14.8. The molecule has 0 spiro atoms. The molecular weight excluding hydrogens is 1760 g/mol. The molecule has 2 aliphatic heterocycles. The van der Waals surface area contributed by atoms with Gasteiger partial charge < -0.3 is 19.6 Å². The molecule has 2 aliphatic carbocycles. The molecule has 0 N–H and O–H groups in total. The summed E-state index contributed by atoms with van der Waals surface area (Å²) in [7, 11) is 0. The number of benzene rings is 18. The molecule has 0 fully saturated rings. The third-order valence-corrected chi connectivity index (χ3v) is 31.9. The van der Waals surface area contributed by atoms with E-state index in [1.54, 1.807) is 0 Å². The Balaban J connectivity index is 0.000000166. The maximum Gasteiger partial charge on any atom is 0.0742 e. The Morgan fingerprint density at radius 3 is 0.671 bits per heavy atom. The van der Waals surface area contributed by atoms with Gasteiger partial charge in [-0.3, -0.25) is 0 Å². The van der Waals surface area contributed by atoms with Crippen molar-refractivity contribution in [3.05, 3.63) is 533 Å². The fraction of sp³-hybridized carbons (Fsp3) is 0.239. The summed E-state index contributed by atoms with van der Waals surface area (Å²) in [5.74, 6) is 0. The fourth-order valence-corrected chi connectivity index (χ4v) is 23.6. The molecule has 0 saturated heterocycles. The van der Waals surface area contributed by atoms with E-state index in [-0.39, 0.29) is 10.8 Å². The van der Waals surface area contributed by atoms with Gasteiger partial charge in [-0.25, -0.2) is 0 Å². The second kappa shape index (κ2) is 41.3. The largest absolute Gasteiger partial charge is 0.311 e. The standard InChI is InChI=1S/C79H76N2.C46H48N2.C17H18/c1-11-13-15-57-27-39-63(40-28-57)80-73-43-25-55(7)45-69(73)78(59-31-17-51(3)18-32-59,60-33-19-52(4)20-34-60)71-47-65-66-48-72-76(50-68(66)77(9,10)67(65)49-75(71)80)81(64-41-29-58(30-42-64)16-14-12-2)74-44-26-56(8)46-70(74)79(72,61-35-21-53(5)22-36-61)62-37-23-54(6)24-38-62;1-5-7-9-37-15-27-43(28-16-37)47(41-23-11-35(3)12-24-41)45-31-19-39(20-32-45)40-21-33-46(34-22-40)48(42-25-13-36(4)14-26-42)44-29-17-38(18-30-44)10-8-6-2;1-11-5-7-13-14-8-6-12(2)10-16(14)17(3,4)15(13)9-11/h17-50H,11-16H2,1-10H3;11-34H,5-10H2,1-4H3;5-10H,1-4H3. The molecule has 0 amide bonds. The summed E-state index contributed by atoms with van der Waals surface area (Å²) in [6, 6.07) is 149. The predicted octanol–water partition coefficient (Wildman–Crippen LogP) is 39.1. The van der Waals surface area contributed by atoms with Gasteiger partial charge >= 0.3 is 0 Å². The number of rotatable bonds is 25. The zero-order valence-electron chi connectivity index (χ0n) is 89.2. The molecule has 0 radical (unpaired) electrons.